The summed E-state index contributed by atoms with van der Waals surface area (Å²) in [7, 11) is 0. The molecule has 4 heteroatoms. The Kier molecular flexibility index (Phi) is 3.40. The molecule has 0 amide bonds. The Hall–Kier alpha value is -1.58. The molecule has 0 unspecified atom stereocenters. The lowest BCUT2D eigenvalue weighted by atomic mass is 10.0. The second-order valence-electron chi connectivity index (χ2n) is 4.58. The van der Waals surface area contributed by atoms with E-state index in [1.807, 2.05) is 19.1 Å². The minimum Gasteiger partial charge on any atom is -0.453 e. The number of rotatable bonds is 2. The van der Waals surface area contributed by atoms with Crippen molar-refractivity contribution < 1.29 is 9.21 Å². The molecular formula is C16H10BrClO2. The molecule has 1 aromatic heterocycles. The van der Waals surface area contributed by atoms with Crippen LogP contribution in [0, 0.1) is 6.92 Å². The van der Waals surface area contributed by atoms with E-state index < -0.39 is 0 Å². The van der Waals surface area contributed by atoms with Crippen LogP contribution in [0.3, 0.4) is 0 Å². The zero-order valence-electron chi connectivity index (χ0n) is 10.6. The van der Waals surface area contributed by atoms with Crippen LogP contribution in [0.5, 0.6) is 0 Å². The molecule has 0 saturated carbocycles. The van der Waals surface area contributed by atoms with E-state index in [2.05, 4.69) is 15.9 Å². The van der Waals surface area contributed by atoms with E-state index in [0.717, 1.165) is 15.4 Å². The van der Waals surface area contributed by atoms with Gasteiger partial charge < -0.3 is 4.42 Å². The maximum Gasteiger partial charge on any atom is 0.228 e. The maximum atomic E-state index is 12.5. The molecule has 3 rings (SSSR count). The van der Waals surface area contributed by atoms with Gasteiger partial charge in [-0.1, -0.05) is 27.5 Å². The molecule has 2 nitrogen and oxygen atoms in total. The predicted molar refractivity (Wildman–Crippen MR) is 83.5 cm³/mol. The highest BCUT2D eigenvalue weighted by Gasteiger charge is 2.16. The van der Waals surface area contributed by atoms with Crippen LogP contribution >= 0.6 is 27.5 Å². The number of ketones is 1. The summed E-state index contributed by atoms with van der Waals surface area (Å²) >= 11 is 9.32. The number of benzene rings is 2. The van der Waals surface area contributed by atoms with Crippen molar-refractivity contribution in [3.8, 4) is 0 Å². The number of carbonyl (C=O) groups is 1. The van der Waals surface area contributed by atoms with Crippen molar-refractivity contribution >= 4 is 44.3 Å². The van der Waals surface area contributed by atoms with E-state index in [9.17, 15) is 4.79 Å². The van der Waals surface area contributed by atoms with Crippen LogP contribution < -0.4 is 0 Å². The summed E-state index contributed by atoms with van der Waals surface area (Å²) in [4.78, 5) is 12.5. The summed E-state index contributed by atoms with van der Waals surface area (Å²) in [6.45, 7) is 1.90. The lowest BCUT2D eigenvalue weighted by molar-refractivity contribution is 0.101. The molecule has 1 heterocycles. The van der Waals surface area contributed by atoms with Gasteiger partial charge in [-0.05, 0) is 55.0 Å². The van der Waals surface area contributed by atoms with E-state index in [0.29, 0.717) is 21.9 Å². The molecule has 0 aliphatic carbocycles. The first-order valence-electron chi connectivity index (χ1n) is 6.04. The minimum absolute atomic E-state index is 0.123. The van der Waals surface area contributed by atoms with Gasteiger partial charge in [0.1, 0.15) is 5.58 Å². The van der Waals surface area contributed by atoms with Gasteiger partial charge >= 0.3 is 0 Å². The third-order valence-corrected chi connectivity index (χ3v) is 3.86. The summed E-state index contributed by atoms with van der Waals surface area (Å²) < 4.78 is 6.55. The van der Waals surface area contributed by atoms with Gasteiger partial charge in [0.2, 0.25) is 5.78 Å². The average Bonchev–Trinajstić information content (AvgIpc) is 2.81. The van der Waals surface area contributed by atoms with Crippen LogP contribution in [0.4, 0.5) is 0 Å². The first-order chi connectivity index (χ1) is 9.54. The number of halogens is 2. The fourth-order valence-corrected chi connectivity index (χ4v) is 2.80. The maximum absolute atomic E-state index is 12.5. The number of furan rings is 1. The van der Waals surface area contributed by atoms with Crippen molar-refractivity contribution in [2.24, 2.45) is 0 Å². The van der Waals surface area contributed by atoms with E-state index in [1.165, 1.54) is 0 Å². The van der Waals surface area contributed by atoms with Crippen molar-refractivity contribution in [1.29, 1.82) is 0 Å². The topological polar surface area (TPSA) is 30.2 Å². The van der Waals surface area contributed by atoms with Crippen molar-refractivity contribution in [3.63, 3.8) is 0 Å². The van der Waals surface area contributed by atoms with Crippen LogP contribution in [0.2, 0.25) is 5.02 Å². The van der Waals surface area contributed by atoms with Crippen molar-refractivity contribution in [2.75, 3.05) is 0 Å². The van der Waals surface area contributed by atoms with E-state index in [-0.39, 0.29) is 5.78 Å². The third kappa shape index (κ3) is 2.39. The average molecular weight is 350 g/mol. The molecule has 100 valence electrons. The molecule has 0 spiro atoms. The third-order valence-electron chi connectivity index (χ3n) is 3.14. The van der Waals surface area contributed by atoms with Gasteiger partial charge in [-0.3, -0.25) is 4.79 Å². The number of carbonyl (C=O) groups excluding carboxylic acids is 1. The quantitative estimate of drug-likeness (QED) is 0.581. The molecule has 2 aromatic carbocycles. The molecule has 0 radical (unpaired) electrons. The number of aryl methyl sites for hydroxylation is 1. The summed E-state index contributed by atoms with van der Waals surface area (Å²) in [6, 6.07) is 12.6. The van der Waals surface area contributed by atoms with Gasteiger partial charge in [0, 0.05) is 20.4 Å². The summed E-state index contributed by atoms with van der Waals surface area (Å²) in [5.41, 5.74) is 2.20. The van der Waals surface area contributed by atoms with Crippen LogP contribution in [-0.2, 0) is 0 Å². The molecule has 0 N–H and O–H groups in total. The molecule has 0 aliphatic heterocycles. The first kappa shape index (κ1) is 13.4. The Morgan fingerprint density at radius 1 is 1.15 bits per heavy atom. The summed E-state index contributed by atoms with van der Waals surface area (Å²) in [5, 5.41) is 1.45. The van der Waals surface area contributed by atoms with Gasteiger partial charge in [-0.15, -0.1) is 0 Å². The van der Waals surface area contributed by atoms with Crippen LogP contribution in [-0.4, -0.2) is 5.78 Å². The Balaban J connectivity index is 2.08. The predicted octanol–water partition coefficient (Wildman–Crippen LogP) is 5.39. The van der Waals surface area contributed by atoms with Crippen molar-refractivity contribution in [1.82, 2.24) is 0 Å². The second kappa shape index (κ2) is 5.08. The molecule has 0 saturated heterocycles. The van der Waals surface area contributed by atoms with Crippen LogP contribution in [0.25, 0.3) is 11.0 Å². The van der Waals surface area contributed by atoms with Gasteiger partial charge in [-0.25, -0.2) is 0 Å². The molecule has 3 aromatic rings. The van der Waals surface area contributed by atoms with E-state index >= 15 is 0 Å². The zero-order chi connectivity index (χ0) is 14.3. The Bertz CT molecular complexity index is 820. The fraction of sp³-hybridized carbons (Fsp3) is 0.0625. The fourth-order valence-electron chi connectivity index (χ4n) is 2.14. The smallest absolute Gasteiger partial charge is 0.228 e. The highest BCUT2D eigenvalue weighted by atomic mass is 79.9. The molecule has 0 bridgehead atoms. The van der Waals surface area contributed by atoms with Crippen LogP contribution in [0.15, 0.2) is 51.4 Å². The Labute approximate surface area is 129 Å². The van der Waals surface area contributed by atoms with Gasteiger partial charge in [0.25, 0.3) is 0 Å². The largest absolute Gasteiger partial charge is 0.453 e. The van der Waals surface area contributed by atoms with Crippen molar-refractivity contribution in [2.45, 2.75) is 6.92 Å². The highest BCUT2D eigenvalue weighted by molar-refractivity contribution is 9.10. The SMILES string of the molecule is Cc1cc(Br)ccc1C(=O)c1cc2cc(Cl)ccc2o1. The van der Waals surface area contributed by atoms with Crippen molar-refractivity contribution in [3.05, 3.63) is 68.8 Å². The standard InChI is InChI=1S/C16H10BrClO2/c1-9-6-11(17)2-4-13(9)16(19)15-8-10-7-12(18)3-5-14(10)20-15/h2-8H,1H3. The molecule has 20 heavy (non-hydrogen) atoms. The van der Waals surface area contributed by atoms with E-state index in [4.69, 9.17) is 16.0 Å². The van der Waals surface area contributed by atoms with Gasteiger partial charge in [0.05, 0.1) is 0 Å². The normalized spacial score (nSPS) is 10.9. The number of hydrogen-bond donors (Lipinski definition) is 0. The first-order valence-corrected chi connectivity index (χ1v) is 7.21. The van der Waals surface area contributed by atoms with Gasteiger partial charge in [-0.2, -0.15) is 0 Å². The minimum atomic E-state index is -0.123. The Morgan fingerprint density at radius 3 is 2.70 bits per heavy atom. The number of fused-ring (bicyclic) bond motifs is 1. The zero-order valence-corrected chi connectivity index (χ0v) is 13.0. The molecule has 0 aliphatic rings. The second-order valence-corrected chi connectivity index (χ2v) is 5.93. The lowest BCUT2D eigenvalue weighted by Crippen LogP contribution is -2.02. The van der Waals surface area contributed by atoms with Gasteiger partial charge in [0.15, 0.2) is 5.76 Å². The lowest BCUT2D eigenvalue weighted by Gasteiger charge is -2.03. The summed E-state index contributed by atoms with van der Waals surface area (Å²) in [5.74, 6) is 0.204. The monoisotopic (exact) mass is 348 g/mol. The van der Waals surface area contributed by atoms with Crippen LogP contribution in [0.1, 0.15) is 21.7 Å². The molecule has 0 atom stereocenters. The molecular weight excluding hydrogens is 340 g/mol. The number of hydrogen-bond acceptors (Lipinski definition) is 2. The van der Waals surface area contributed by atoms with E-state index in [1.54, 1.807) is 30.3 Å². The highest BCUT2D eigenvalue weighted by Crippen LogP contribution is 2.26. The molecule has 0 fully saturated rings. The summed E-state index contributed by atoms with van der Waals surface area (Å²) in [6.07, 6.45) is 0. The Morgan fingerprint density at radius 2 is 1.95 bits per heavy atom.